The van der Waals surface area contributed by atoms with Crippen LogP contribution in [0.1, 0.15) is 44.9 Å². The van der Waals surface area contributed by atoms with Crippen molar-refractivity contribution in [3.05, 3.63) is 0 Å². The molecule has 1 heterocycles. The van der Waals surface area contributed by atoms with Crippen LogP contribution in [-0.2, 0) is 0 Å². The molecule has 0 amide bonds. The van der Waals surface area contributed by atoms with Gasteiger partial charge < -0.3 is 10.2 Å². The fourth-order valence-corrected chi connectivity index (χ4v) is 6.01. The van der Waals surface area contributed by atoms with E-state index in [1.807, 2.05) is 0 Å². The molecule has 1 aliphatic heterocycles. The molecule has 4 saturated carbocycles. The zero-order valence-corrected chi connectivity index (χ0v) is 12.5. The summed E-state index contributed by atoms with van der Waals surface area (Å²) >= 11 is 0. The second-order valence-electron chi connectivity index (χ2n) is 8.10. The number of nitrogens with one attached hydrogen (secondary N) is 1. The maximum atomic E-state index is 3.94. The molecule has 4 bridgehead atoms. The van der Waals surface area contributed by atoms with E-state index in [0.717, 1.165) is 35.6 Å². The maximum absolute atomic E-state index is 3.94. The topological polar surface area (TPSA) is 15.3 Å². The van der Waals surface area contributed by atoms with Crippen LogP contribution in [0.15, 0.2) is 0 Å². The van der Waals surface area contributed by atoms with Crippen LogP contribution in [0.25, 0.3) is 0 Å². The maximum Gasteiger partial charge on any atom is 0.0195 e. The molecule has 1 unspecified atom stereocenters. The number of rotatable bonds is 3. The zero-order chi connectivity index (χ0) is 12.8. The summed E-state index contributed by atoms with van der Waals surface area (Å²) in [5.74, 6) is 5.45. The van der Waals surface area contributed by atoms with Gasteiger partial charge in [0, 0.05) is 12.6 Å². The molecule has 0 aromatic carbocycles. The van der Waals surface area contributed by atoms with E-state index < -0.39 is 0 Å². The Labute approximate surface area is 118 Å². The predicted molar refractivity (Wildman–Crippen MR) is 79.1 cm³/mol. The van der Waals surface area contributed by atoms with Gasteiger partial charge in [0.25, 0.3) is 0 Å². The Balaban J connectivity index is 1.33. The molecule has 108 valence electrons. The highest BCUT2D eigenvalue weighted by atomic mass is 15.1. The molecular weight excluding hydrogens is 232 g/mol. The van der Waals surface area contributed by atoms with Crippen LogP contribution in [-0.4, -0.2) is 37.6 Å². The lowest BCUT2D eigenvalue weighted by molar-refractivity contribution is -0.0369. The third-order valence-electron chi connectivity index (χ3n) is 6.69. The molecule has 0 aromatic rings. The molecule has 1 saturated heterocycles. The Bertz CT molecular complexity index is 299. The fourth-order valence-electron chi connectivity index (χ4n) is 6.01. The van der Waals surface area contributed by atoms with Crippen molar-refractivity contribution >= 4 is 0 Å². The number of hydrogen-bond donors (Lipinski definition) is 1. The Morgan fingerprint density at radius 3 is 2.32 bits per heavy atom. The van der Waals surface area contributed by atoms with Crippen LogP contribution in [0, 0.1) is 29.6 Å². The zero-order valence-electron chi connectivity index (χ0n) is 12.5. The van der Waals surface area contributed by atoms with Crippen molar-refractivity contribution in [3.8, 4) is 0 Å². The second kappa shape index (κ2) is 5.04. The molecule has 0 radical (unpaired) electrons. The van der Waals surface area contributed by atoms with Gasteiger partial charge in [0.05, 0.1) is 0 Å². The summed E-state index contributed by atoms with van der Waals surface area (Å²) in [5, 5.41) is 3.94. The van der Waals surface area contributed by atoms with E-state index in [-0.39, 0.29) is 0 Å². The monoisotopic (exact) mass is 262 g/mol. The van der Waals surface area contributed by atoms with Gasteiger partial charge in [-0.3, -0.25) is 0 Å². The Hall–Kier alpha value is -0.0800. The molecule has 1 atom stereocenters. The van der Waals surface area contributed by atoms with E-state index >= 15 is 0 Å². The number of hydrogen-bond acceptors (Lipinski definition) is 2. The molecule has 19 heavy (non-hydrogen) atoms. The quantitative estimate of drug-likeness (QED) is 0.841. The second-order valence-corrected chi connectivity index (χ2v) is 8.10. The SMILES string of the molecule is CN1CCCC(NCC2C3CC4CC(C3)CC2C4)C1. The largest absolute Gasteiger partial charge is 0.312 e. The van der Waals surface area contributed by atoms with Gasteiger partial charge in [-0.05, 0) is 94.7 Å². The average molecular weight is 262 g/mol. The van der Waals surface area contributed by atoms with E-state index in [1.165, 1.54) is 32.5 Å². The van der Waals surface area contributed by atoms with Crippen LogP contribution in [0.4, 0.5) is 0 Å². The van der Waals surface area contributed by atoms with Crippen LogP contribution in [0.3, 0.4) is 0 Å². The standard InChI is InChI=1S/C17H30N2/c1-19-4-2-3-16(11-19)18-10-17-14-6-12-5-13(8-14)9-15(17)7-12/h12-18H,2-11H2,1H3. The van der Waals surface area contributed by atoms with Crippen LogP contribution >= 0.6 is 0 Å². The highest BCUT2D eigenvalue weighted by Crippen LogP contribution is 2.56. The summed E-state index contributed by atoms with van der Waals surface area (Å²) in [6.07, 6.45) is 10.7. The summed E-state index contributed by atoms with van der Waals surface area (Å²) in [7, 11) is 2.27. The van der Waals surface area contributed by atoms with Gasteiger partial charge in [-0.15, -0.1) is 0 Å². The molecule has 0 spiro atoms. The van der Waals surface area contributed by atoms with Gasteiger partial charge in [-0.2, -0.15) is 0 Å². The van der Waals surface area contributed by atoms with Crippen LogP contribution in [0.5, 0.6) is 0 Å². The highest BCUT2D eigenvalue weighted by molar-refractivity contribution is 4.99. The van der Waals surface area contributed by atoms with Crippen molar-refractivity contribution in [2.24, 2.45) is 29.6 Å². The summed E-state index contributed by atoms with van der Waals surface area (Å²) in [6.45, 7) is 3.90. The highest BCUT2D eigenvalue weighted by Gasteiger charge is 2.47. The Morgan fingerprint density at radius 1 is 1.00 bits per heavy atom. The van der Waals surface area contributed by atoms with Crippen LogP contribution < -0.4 is 5.32 Å². The van der Waals surface area contributed by atoms with E-state index in [2.05, 4.69) is 17.3 Å². The fraction of sp³-hybridized carbons (Fsp3) is 1.00. The van der Waals surface area contributed by atoms with Gasteiger partial charge in [0.2, 0.25) is 0 Å². The normalized spacial score (nSPS) is 49.7. The molecule has 2 heteroatoms. The van der Waals surface area contributed by atoms with E-state index in [1.54, 1.807) is 32.1 Å². The van der Waals surface area contributed by atoms with Gasteiger partial charge in [0.15, 0.2) is 0 Å². The molecule has 5 aliphatic rings. The van der Waals surface area contributed by atoms with E-state index in [0.29, 0.717) is 0 Å². The number of likely N-dealkylation sites (N-methyl/N-ethyl adjacent to an activating group) is 1. The van der Waals surface area contributed by atoms with Crippen molar-refractivity contribution in [2.45, 2.75) is 51.0 Å². The summed E-state index contributed by atoms with van der Waals surface area (Å²) in [5.41, 5.74) is 0. The van der Waals surface area contributed by atoms with Crippen molar-refractivity contribution in [1.82, 2.24) is 10.2 Å². The number of piperidine rings is 1. The molecule has 5 fully saturated rings. The van der Waals surface area contributed by atoms with Crippen molar-refractivity contribution in [2.75, 3.05) is 26.7 Å². The van der Waals surface area contributed by atoms with Gasteiger partial charge >= 0.3 is 0 Å². The van der Waals surface area contributed by atoms with Crippen LogP contribution in [0.2, 0.25) is 0 Å². The molecule has 1 N–H and O–H groups in total. The predicted octanol–water partition coefficient (Wildman–Crippen LogP) is 2.74. The molecule has 4 aliphatic carbocycles. The first-order valence-electron chi connectivity index (χ1n) is 8.70. The lowest BCUT2D eigenvalue weighted by atomic mass is 9.52. The lowest BCUT2D eigenvalue weighted by Crippen LogP contribution is -2.51. The minimum atomic E-state index is 0.774. The van der Waals surface area contributed by atoms with Gasteiger partial charge in [-0.25, -0.2) is 0 Å². The summed E-state index contributed by atoms with van der Waals surface area (Å²) in [4.78, 5) is 2.50. The molecular formula is C17H30N2. The average Bonchev–Trinajstić information content (AvgIpc) is 2.37. The third-order valence-corrected chi connectivity index (χ3v) is 6.69. The first kappa shape index (κ1) is 12.6. The molecule has 0 aromatic heterocycles. The lowest BCUT2D eigenvalue weighted by Gasteiger charge is -2.54. The van der Waals surface area contributed by atoms with E-state index in [4.69, 9.17) is 0 Å². The minimum Gasteiger partial charge on any atom is -0.312 e. The summed E-state index contributed by atoms with van der Waals surface area (Å²) in [6, 6.07) is 0.774. The van der Waals surface area contributed by atoms with Crippen molar-refractivity contribution in [1.29, 1.82) is 0 Å². The smallest absolute Gasteiger partial charge is 0.0195 e. The van der Waals surface area contributed by atoms with Gasteiger partial charge in [0.1, 0.15) is 0 Å². The first-order chi connectivity index (χ1) is 9.28. The Kier molecular flexibility index (Phi) is 3.35. The van der Waals surface area contributed by atoms with E-state index in [9.17, 15) is 0 Å². The van der Waals surface area contributed by atoms with Crippen molar-refractivity contribution in [3.63, 3.8) is 0 Å². The van der Waals surface area contributed by atoms with Crippen molar-refractivity contribution < 1.29 is 0 Å². The number of nitrogens with zero attached hydrogens (tertiary/aromatic N) is 1. The number of likely N-dealkylation sites (tertiary alicyclic amines) is 1. The Morgan fingerprint density at radius 2 is 1.68 bits per heavy atom. The molecule has 5 rings (SSSR count). The minimum absolute atomic E-state index is 0.774. The summed E-state index contributed by atoms with van der Waals surface area (Å²) < 4.78 is 0. The first-order valence-corrected chi connectivity index (χ1v) is 8.70. The molecule has 2 nitrogen and oxygen atoms in total. The third kappa shape index (κ3) is 2.47. The van der Waals surface area contributed by atoms with Gasteiger partial charge in [-0.1, -0.05) is 0 Å².